The van der Waals surface area contributed by atoms with Crippen molar-refractivity contribution in [2.45, 2.75) is 26.2 Å². The van der Waals surface area contributed by atoms with Crippen LogP contribution in [0.5, 0.6) is 0 Å². The minimum absolute atomic E-state index is 1.18. The Morgan fingerprint density at radius 3 is 3.09 bits per heavy atom. The van der Waals surface area contributed by atoms with Crippen LogP contribution >= 0.6 is 0 Å². The first-order valence-corrected chi connectivity index (χ1v) is 4.22. The van der Waals surface area contributed by atoms with E-state index in [1.807, 2.05) is 12.2 Å². The van der Waals surface area contributed by atoms with Gasteiger partial charge in [-0.05, 0) is 30.6 Å². The highest BCUT2D eigenvalue weighted by molar-refractivity contribution is 5.28. The van der Waals surface area contributed by atoms with Crippen LogP contribution in [0, 0.1) is 0 Å². The van der Waals surface area contributed by atoms with Crippen molar-refractivity contribution in [2.24, 2.45) is 0 Å². The molecule has 0 saturated heterocycles. The van der Waals surface area contributed by atoms with Crippen LogP contribution in [0.2, 0.25) is 0 Å². The minimum Gasteiger partial charge on any atom is -0.121 e. The molecule has 0 heteroatoms. The summed E-state index contributed by atoms with van der Waals surface area (Å²) in [6, 6.07) is 0. The van der Waals surface area contributed by atoms with Gasteiger partial charge in [0.15, 0.2) is 0 Å². The van der Waals surface area contributed by atoms with Gasteiger partial charge in [0.05, 0.1) is 0 Å². The first-order valence-electron chi connectivity index (χ1n) is 4.22. The molecule has 1 aliphatic carbocycles. The van der Waals surface area contributed by atoms with Crippen LogP contribution < -0.4 is 0 Å². The van der Waals surface area contributed by atoms with Crippen LogP contribution in [0.1, 0.15) is 26.2 Å². The van der Waals surface area contributed by atoms with E-state index in [4.69, 9.17) is 0 Å². The van der Waals surface area contributed by atoms with Crippen LogP contribution in [0.25, 0.3) is 0 Å². The Morgan fingerprint density at radius 2 is 2.27 bits per heavy atom. The standard InChI is InChI=1S/C11H14/c1-2-3-8-11-9-6-4-5-7-10-11/h4-6,9-10H,2-3,8H2,1H3. The van der Waals surface area contributed by atoms with E-state index in [2.05, 4.69) is 30.9 Å². The molecule has 1 rings (SSSR count). The Hall–Kier alpha value is -1.00. The largest absolute Gasteiger partial charge is 0.121 e. The van der Waals surface area contributed by atoms with Gasteiger partial charge in [-0.2, -0.15) is 0 Å². The predicted molar refractivity (Wildman–Crippen MR) is 49.4 cm³/mol. The highest BCUT2D eigenvalue weighted by Crippen LogP contribution is 2.09. The molecule has 0 heterocycles. The highest BCUT2D eigenvalue weighted by Gasteiger charge is 1.90. The molecular formula is C11H14. The fourth-order valence-electron chi connectivity index (χ4n) is 1.03. The van der Waals surface area contributed by atoms with Crippen molar-refractivity contribution in [3.63, 3.8) is 0 Å². The van der Waals surface area contributed by atoms with E-state index in [1.54, 1.807) is 0 Å². The molecule has 1 aliphatic rings. The second kappa shape index (κ2) is 4.76. The van der Waals surface area contributed by atoms with E-state index in [9.17, 15) is 0 Å². The van der Waals surface area contributed by atoms with Crippen molar-refractivity contribution in [2.75, 3.05) is 0 Å². The van der Waals surface area contributed by atoms with Crippen LogP contribution in [-0.4, -0.2) is 0 Å². The first-order chi connectivity index (χ1) is 5.43. The van der Waals surface area contributed by atoms with E-state index < -0.39 is 0 Å². The summed E-state index contributed by atoms with van der Waals surface area (Å²) in [4.78, 5) is 0. The number of unbranched alkanes of at least 4 members (excludes halogenated alkanes) is 1. The van der Waals surface area contributed by atoms with E-state index in [1.165, 1.54) is 24.8 Å². The zero-order chi connectivity index (χ0) is 7.94. The molecular weight excluding hydrogens is 132 g/mol. The molecule has 0 aromatic carbocycles. The third-order valence-corrected chi connectivity index (χ3v) is 1.70. The van der Waals surface area contributed by atoms with E-state index in [0.29, 0.717) is 0 Å². The third-order valence-electron chi connectivity index (χ3n) is 1.70. The summed E-state index contributed by atoms with van der Waals surface area (Å²) in [5, 5.41) is 0. The summed E-state index contributed by atoms with van der Waals surface area (Å²) in [5.41, 5.74) is 4.49. The molecule has 11 heavy (non-hydrogen) atoms. The van der Waals surface area contributed by atoms with Crippen LogP contribution in [-0.2, 0) is 0 Å². The molecule has 0 radical (unpaired) electrons. The summed E-state index contributed by atoms with van der Waals surface area (Å²) in [6.07, 6.45) is 14.0. The lowest BCUT2D eigenvalue weighted by Gasteiger charge is -1.96. The molecule has 0 atom stereocenters. The van der Waals surface area contributed by atoms with Gasteiger partial charge in [-0.1, -0.05) is 31.6 Å². The second-order valence-corrected chi connectivity index (χ2v) is 2.71. The van der Waals surface area contributed by atoms with Crippen molar-refractivity contribution in [3.8, 4) is 0 Å². The van der Waals surface area contributed by atoms with Crippen molar-refractivity contribution < 1.29 is 0 Å². The molecule has 0 fully saturated rings. The van der Waals surface area contributed by atoms with Gasteiger partial charge in [0.2, 0.25) is 0 Å². The Labute approximate surface area is 68.6 Å². The van der Waals surface area contributed by atoms with Gasteiger partial charge in [0.25, 0.3) is 0 Å². The summed E-state index contributed by atoms with van der Waals surface area (Å²) in [7, 11) is 0. The molecule has 0 aromatic rings. The quantitative estimate of drug-likeness (QED) is 0.535. The lowest BCUT2D eigenvalue weighted by Crippen LogP contribution is -1.76. The van der Waals surface area contributed by atoms with E-state index in [-0.39, 0.29) is 0 Å². The third kappa shape index (κ3) is 3.06. The fraction of sp³-hybridized carbons (Fsp3) is 0.364. The van der Waals surface area contributed by atoms with Gasteiger partial charge in [-0.25, -0.2) is 0 Å². The zero-order valence-electron chi connectivity index (χ0n) is 7.01. The lowest BCUT2D eigenvalue weighted by atomic mass is 10.1. The zero-order valence-corrected chi connectivity index (χ0v) is 7.01. The molecule has 0 amide bonds. The van der Waals surface area contributed by atoms with Gasteiger partial charge in [-0.15, -0.1) is 5.73 Å². The number of allylic oxidation sites excluding steroid dienone is 5. The molecule has 0 spiro atoms. The van der Waals surface area contributed by atoms with Gasteiger partial charge in [0.1, 0.15) is 0 Å². The maximum Gasteiger partial charge on any atom is -0.0168 e. The van der Waals surface area contributed by atoms with Crippen LogP contribution in [0.15, 0.2) is 41.7 Å². The Kier molecular flexibility index (Phi) is 3.51. The summed E-state index contributed by atoms with van der Waals surface area (Å²) in [5.74, 6) is 0. The van der Waals surface area contributed by atoms with Crippen molar-refractivity contribution in [1.82, 2.24) is 0 Å². The molecule has 0 unspecified atom stereocenters. The minimum atomic E-state index is 1.18. The second-order valence-electron chi connectivity index (χ2n) is 2.71. The maximum absolute atomic E-state index is 3.10. The number of hydrogen-bond donors (Lipinski definition) is 0. The van der Waals surface area contributed by atoms with Crippen LogP contribution in [0.4, 0.5) is 0 Å². The van der Waals surface area contributed by atoms with Gasteiger partial charge in [-0.3, -0.25) is 0 Å². The molecule has 0 N–H and O–H groups in total. The average Bonchev–Trinajstić information content (AvgIpc) is 2.28. The Balaban J connectivity index is 2.50. The Bertz CT molecular complexity index is 222. The fourth-order valence-corrected chi connectivity index (χ4v) is 1.03. The van der Waals surface area contributed by atoms with E-state index >= 15 is 0 Å². The normalized spacial score (nSPS) is 14.8. The SMILES string of the molecule is CCCCC1=CC=CC=C=C1. The summed E-state index contributed by atoms with van der Waals surface area (Å²) < 4.78 is 0. The average molecular weight is 146 g/mol. The molecule has 0 bridgehead atoms. The molecule has 0 aromatic heterocycles. The topological polar surface area (TPSA) is 0 Å². The Morgan fingerprint density at radius 1 is 1.36 bits per heavy atom. The predicted octanol–water partition coefficient (Wildman–Crippen LogP) is 3.38. The number of hydrogen-bond acceptors (Lipinski definition) is 0. The van der Waals surface area contributed by atoms with Gasteiger partial charge in [0, 0.05) is 0 Å². The van der Waals surface area contributed by atoms with Crippen molar-refractivity contribution in [1.29, 1.82) is 0 Å². The van der Waals surface area contributed by atoms with Gasteiger partial charge >= 0.3 is 0 Å². The maximum atomic E-state index is 3.10. The van der Waals surface area contributed by atoms with Gasteiger partial charge < -0.3 is 0 Å². The summed E-state index contributed by atoms with van der Waals surface area (Å²) in [6.45, 7) is 2.21. The molecule has 58 valence electrons. The first kappa shape index (κ1) is 8.10. The molecule has 0 aliphatic heterocycles. The summed E-state index contributed by atoms with van der Waals surface area (Å²) >= 11 is 0. The van der Waals surface area contributed by atoms with Crippen molar-refractivity contribution in [3.05, 3.63) is 41.7 Å². The highest BCUT2D eigenvalue weighted by atomic mass is 14.0. The molecule has 0 saturated carbocycles. The number of rotatable bonds is 3. The van der Waals surface area contributed by atoms with E-state index in [0.717, 1.165) is 0 Å². The smallest absolute Gasteiger partial charge is 0.0168 e. The van der Waals surface area contributed by atoms with Crippen LogP contribution in [0.3, 0.4) is 0 Å². The molecule has 0 nitrogen and oxygen atoms in total. The lowest BCUT2D eigenvalue weighted by molar-refractivity contribution is 0.798. The van der Waals surface area contributed by atoms with Crippen molar-refractivity contribution >= 4 is 0 Å². The monoisotopic (exact) mass is 146 g/mol.